The molecule has 0 bridgehead atoms. The van der Waals surface area contributed by atoms with Crippen LogP contribution in [0.1, 0.15) is 21.0 Å². The second-order valence-electron chi connectivity index (χ2n) is 7.53. The minimum atomic E-state index is -0.417. The van der Waals surface area contributed by atoms with Gasteiger partial charge in [0.1, 0.15) is 11.6 Å². The molecule has 0 radical (unpaired) electrons. The van der Waals surface area contributed by atoms with E-state index in [1.54, 1.807) is 46.8 Å². The Bertz CT molecular complexity index is 1220. The smallest absolute Gasteiger partial charge is 0.262 e. The summed E-state index contributed by atoms with van der Waals surface area (Å²) in [5.74, 6) is 0.299. The maximum absolute atomic E-state index is 13.4. The summed E-state index contributed by atoms with van der Waals surface area (Å²) in [7, 11) is 1.46. The van der Waals surface area contributed by atoms with Gasteiger partial charge >= 0.3 is 0 Å². The van der Waals surface area contributed by atoms with Gasteiger partial charge in [0.15, 0.2) is 18.1 Å². The molecule has 2 amide bonds. The highest BCUT2D eigenvalue weighted by Gasteiger charge is 2.20. The van der Waals surface area contributed by atoms with E-state index in [1.165, 1.54) is 31.4 Å². The number of methoxy groups -OCH3 is 1. The summed E-state index contributed by atoms with van der Waals surface area (Å²) in [4.78, 5) is 28.3. The third-order valence-electron chi connectivity index (χ3n) is 5.04. The van der Waals surface area contributed by atoms with Crippen LogP contribution in [0.4, 0.5) is 10.1 Å². The molecule has 0 spiro atoms. The maximum Gasteiger partial charge on any atom is 0.262 e. The third kappa shape index (κ3) is 6.48. The number of ether oxygens (including phenoxy) is 2. The van der Waals surface area contributed by atoms with Crippen molar-refractivity contribution in [1.82, 2.24) is 4.90 Å². The number of halogens is 1. The number of hydrogen-bond donors (Lipinski definition) is 1. The van der Waals surface area contributed by atoms with Crippen molar-refractivity contribution in [3.8, 4) is 11.5 Å². The van der Waals surface area contributed by atoms with Crippen LogP contribution in [-0.4, -0.2) is 30.4 Å². The number of nitrogens with zero attached hydrogens (tertiary/aromatic N) is 1. The summed E-state index contributed by atoms with van der Waals surface area (Å²) in [5.41, 5.74) is 0.864. The molecule has 2 aromatic carbocycles. The first-order chi connectivity index (χ1) is 17.0. The number of amides is 2. The van der Waals surface area contributed by atoms with E-state index in [1.807, 2.05) is 23.6 Å². The van der Waals surface area contributed by atoms with Crippen molar-refractivity contribution in [2.24, 2.45) is 0 Å². The highest BCUT2D eigenvalue weighted by atomic mass is 32.1. The predicted molar refractivity (Wildman–Crippen MR) is 130 cm³/mol. The number of furan rings is 1. The summed E-state index contributed by atoms with van der Waals surface area (Å²) in [6, 6.07) is 17.7. The van der Waals surface area contributed by atoms with E-state index < -0.39 is 11.7 Å². The van der Waals surface area contributed by atoms with Crippen molar-refractivity contribution < 1.29 is 27.9 Å². The highest BCUT2D eigenvalue weighted by molar-refractivity contribution is 7.09. The average molecular weight is 495 g/mol. The number of carbonyl (C=O) groups is 2. The van der Waals surface area contributed by atoms with Gasteiger partial charge in [-0.1, -0.05) is 6.07 Å². The fourth-order valence-corrected chi connectivity index (χ4v) is 4.08. The van der Waals surface area contributed by atoms with Crippen LogP contribution in [0.25, 0.3) is 0 Å². The van der Waals surface area contributed by atoms with Gasteiger partial charge in [0.25, 0.3) is 11.8 Å². The quantitative estimate of drug-likeness (QED) is 0.322. The first-order valence-corrected chi connectivity index (χ1v) is 11.6. The van der Waals surface area contributed by atoms with Crippen molar-refractivity contribution in [2.75, 3.05) is 19.0 Å². The van der Waals surface area contributed by atoms with E-state index in [2.05, 4.69) is 5.32 Å². The van der Waals surface area contributed by atoms with E-state index in [0.717, 1.165) is 4.88 Å². The molecule has 0 aliphatic heterocycles. The summed E-state index contributed by atoms with van der Waals surface area (Å²) < 4.78 is 29.5. The van der Waals surface area contributed by atoms with Gasteiger partial charge in [0.2, 0.25) is 0 Å². The van der Waals surface area contributed by atoms with Crippen LogP contribution in [0.5, 0.6) is 11.5 Å². The highest BCUT2D eigenvalue weighted by Crippen LogP contribution is 2.29. The number of rotatable bonds is 10. The molecule has 2 aromatic heterocycles. The zero-order valence-electron chi connectivity index (χ0n) is 18.9. The molecule has 0 saturated carbocycles. The van der Waals surface area contributed by atoms with Crippen LogP contribution < -0.4 is 14.8 Å². The molecule has 180 valence electrons. The van der Waals surface area contributed by atoms with Crippen LogP contribution >= 0.6 is 11.3 Å². The standard InChI is InChI=1S/C26H23FN2O5S/c1-32-24-14-18(6-11-23(24)34-17-25(30)28-20-9-7-19(27)8-10-20)26(31)29(15-21-4-2-12-33-21)16-22-5-3-13-35-22/h2-14H,15-17H2,1H3,(H,28,30). The zero-order chi connectivity index (χ0) is 24.6. The summed E-state index contributed by atoms with van der Waals surface area (Å²) in [6.07, 6.45) is 1.57. The molecule has 35 heavy (non-hydrogen) atoms. The Morgan fingerprint density at radius 1 is 1.03 bits per heavy atom. The van der Waals surface area contributed by atoms with E-state index in [0.29, 0.717) is 41.6 Å². The molecule has 0 fully saturated rings. The van der Waals surface area contributed by atoms with Crippen molar-refractivity contribution in [2.45, 2.75) is 13.1 Å². The SMILES string of the molecule is COc1cc(C(=O)N(Cc2ccco2)Cc2cccs2)ccc1OCC(=O)Nc1ccc(F)cc1. The molecule has 0 atom stereocenters. The van der Waals surface area contributed by atoms with Gasteiger partial charge in [0, 0.05) is 16.1 Å². The minimum Gasteiger partial charge on any atom is -0.493 e. The van der Waals surface area contributed by atoms with E-state index in [9.17, 15) is 14.0 Å². The van der Waals surface area contributed by atoms with E-state index in [-0.39, 0.29) is 12.5 Å². The Labute approximate surface area is 205 Å². The Hall–Kier alpha value is -4.11. The normalized spacial score (nSPS) is 10.6. The van der Waals surface area contributed by atoms with Gasteiger partial charge in [-0.15, -0.1) is 11.3 Å². The molecule has 9 heteroatoms. The van der Waals surface area contributed by atoms with Gasteiger partial charge < -0.3 is 24.1 Å². The molecule has 4 rings (SSSR count). The topological polar surface area (TPSA) is 81.0 Å². The van der Waals surface area contributed by atoms with Gasteiger partial charge in [-0.05, 0) is 66.0 Å². The van der Waals surface area contributed by atoms with Gasteiger partial charge in [-0.3, -0.25) is 9.59 Å². The number of thiophene rings is 1. The second kappa shape index (κ2) is 11.3. The number of benzene rings is 2. The summed E-state index contributed by atoms with van der Waals surface area (Å²) in [5, 5.41) is 4.59. The largest absolute Gasteiger partial charge is 0.493 e. The Morgan fingerprint density at radius 2 is 1.86 bits per heavy atom. The molecular weight excluding hydrogens is 471 g/mol. The van der Waals surface area contributed by atoms with E-state index in [4.69, 9.17) is 13.9 Å². The predicted octanol–water partition coefficient (Wildman–Crippen LogP) is 5.35. The minimum absolute atomic E-state index is 0.200. The van der Waals surface area contributed by atoms with Gasteiger partial charge in [-0.2, -0.15) is 0 Å². The lowest BCUT2D eigenvalue weighted by molar-refractivity contribution is -0.118. The fourth-order valence-electron chi connectivity index (χ4n) is 3.36. The first kappa shape index (κ1) is 24.0. The number of nitrogens with one attached hydrogen (secondary N) is 1. The molecule has 0 aliphatic carbocycles. The monoisotopic (exact) mass is 494 g/mol. The lowest BCUT2D eigenvalue weighted by Crippen LogP contribution is -2.29. The van der Waals surface area contributed by atoms with E-state index >= 15 is 0 Å². The first-order valence-electron chi connectivity index (χ1n) is 10.7. The molecule has 0 aliphatic rings. The Kier molecular flexibility index (Phi) is 7.79. The molecule has 7 nitrogen and oxygen atoms in total. The van der Waals surface area contributed by atoms with Crippen molar-refractivity contribution in [3.05, 3.63) is 100 Å². The molecule has 0 saturated heterocycles. The van der Waals surface area contributed by atoms with Crippen LogP contribution in [-0.2, 0) is 17.9 Å². The summed E-state index contributed by atoms with van der Waals surface area (Å²) in [6.45, 7) is 0.458. The average Bonchev–Trinajstić information content (AvgIpc) is 3.58. The number of anilines is 1. The van der Waals surface area contributed by atoms with Crippen LogP contribution in [0.15, 0.2) is 82.8 Å². The van der Waals surface area contributed by atoms with Gasteiger partial charge in [-0.25, -0.2) is 4.39 Å². The number of hydrogen-bond acceptors (Lipinski definition) is 6. The number of carbonyl (C=O) groups excluding carboxylic acids is 2. The summed E-state index contributed by atoms with van der Waals surface area (Å²) >= 11 is 1.57. The lowest BCUT2D eigenvalue weighted by atomic mass is 10.1. The molecular formula is C26H23FN2O5S. The maximum atomic E-state index is 13.4. The molecule has 2 heterocycles. The van der Waals surface area contributed by atoms with Crippen molar-refractivity contribution in [1.29, 1.82) is 0 Å². The Morgan fingerprint density at radius 3 is 2.54 bits per heavy atom. The zero-order valence-corrected chi connectivity index (χ0v) is 19.7. The molecule has 1 N–H and O–H groups in total. The third-order valence-corrected chi connectivity index (χ3v) is 5.90. The van der Waals surface area contributed by atoms with Crippen molar-refractivity contribution in [3.63, 3.8) is 0 Å². The fraction of sp³-hybridized carbons (Fsp3) is 0.154. The van der Waals surface area contributed by atoms with Crippen LogP contribution in [0.3, 0.4) is 0 Å². The Balaban J connectivity index is 1.44. The molecule has 4 aromatic rings. The van der Waals surface area contributed by atoms with Crippen LogP contribution in [0.2, 0.25) is 0 Å². The van der Waals surface area contributed by atoms with Crippen LogP contribution in [0, 0.1) is 5.82 Å². The van der Waals surface area contributed by atoms with Gasteiger partial charge in [0.05, 0.1) is 26.5 Å². The second-order valence-corrected chi connectivity index (χ2v) is 8.56. The molecule has 0 unspecified atom stereocenters. The lowest BCUT2D eigenvalue weighted by Gasteiger charge is -2.22. The van der Waals surface area contributed by atoms with Crippen molar-refractivity contribution >= 4 is 28.8 Å².